The van der Waals surface area contributed by atoms with Gasteiger partial charge in [-0.25, -0.2) is 4.79 Å². The van der Waals surface area contributed by atoms with Crippen molar-refractivity contribution in [2.45, 2.75) is 26.9 Å². The lowest BCUT2D eigenvalue weighted by atomic mass is 10.2. The van der Waals surface area contributed by atoms with Crippen molar-refractivity contribution in [3.05, 3.63) is 70.7 Å². The minimum Gasteiger partial charge on any atom is -0.322 e. The van der Waals surface area contributed by atoms with Crippen LogP contribution >= 0.6 is 0 Å². The summed E-state index contributed by atoms with van der Waals surface area (Å²) in [4.78, 5) is 24.5. The minimum absolute atomic E-state index is 0.0209. The highest BCUT2D eigenvalue weighted by Crippen LogP contribution is 2.19. The maximum Gasteiger partial charge on any atom is 0.329 e. The normalized spacial score (nSPS) is 11.3. The highest BCUT2D eigenvalue weighted by Gasteiger charge is 2.11. The van der Waals surface area contributed by atoms with E-state index >= 15 is 0 Å². The van der Waals surface area contributed by atoms with Gasteiger partial charge in [0.1, 0.15) is 0 Å². The van der Waals surface area contributed by atoms with Gasteiger partial charge in [-0.3, -0.25) is 13.9 Å². The van der Waals surface area contributed by atoms with Crippen molar-refractivity contribution in [2.24, 2.45) is 0 Å². The molecule has 0 atom stereocenters. The lowest BCUT2D eigenvalue weighted by molar-refractivity contribution is -0.111. The zero-order valence-corrected chi connectivity index (χ0v) is 14.4. The molecular formula is C20H21N3O2. The molecule has 0 saturated carbocycles. The molecule has 0 fully saturated rings. The van der Waals surface area contributed by atoms with E-state index in [1.54, 1.807) is 15.2 Å². The number of carbonyl (C=O) groups excluding carboxylic acids is 1. The number of hydrogen-bond acceptors (Lipinski definition) is 2. The molecule has 3 aromatic rings. The predicted molar refractivity (Wildman–Crippen MR) is 102 cm³/mol. The molecule has 1 amide bonds. The number of rotatable bonds is 5. The number of aryl methyl sites for hydroxylation is 2. The molecule has 0 aliphatic heterocycles. The Morgan fingerprint density at radius 1 is 1.00 bits per heavy atom. The van der Waals surface area contributed by atoms with Gasteiger partial charge < -0.3 is 5.32 Å². The van der Waals surface area contributed by atoms with Crippen molar-refractivity contribution in [1.29, 1.82) is 0 Å². The first kappa shape index (κ1) is 16.8. The Hall–Kier alpha value is -3.08. The molecule has 3 rings (SSSR count). The summed E-state index contributed by atoms with van der Waals surface area (Å²) >= 11 is 0. The second-order valence-corrected chi connectivity index (χ2v) is 5.71. The Kier molecular flexibility index (Phi) is 4.84. The van der Waals surface area contributed by atoms with Crippen LogP contribution in [0.2, 0.25) is 0 Å². The Bertz CT molecular complexity index is 981. The van der Waals surface area contributed by atoms with Gasteiger partial charge in [0.2, 0.25) is 5.91 Å². The molecule has 128 valence electrons. The third-order valence-electron chi connectivity index (χ3n) is 4.15. The molecule has 0 unspecified atom stereocenters. The molecular weight excluding hydrogens is 314 g/mol. The smallest absolute Gasteiger partial charge is 0.322 e. The summed E-state index contributed by atoms with van der Waals surface area (Å²) in [6.45, 7) is 5.10. The van der Waals surface area contributed by atoms with Crippen LogP contribution in [0.4, 0.5) is 5.69 Å². The maximum absolute atomic E-state index is 12.4. The van der Waals surface area contributed by atoms with Crippen molar-refractivity contribution in [1.82, 2.24) is 9.13 Å². The summed E-state index contributed by atoms with van der Waals surface area (Å²) in [6.07, 6.45) is 3.27. The summed E-state index contributed by atoms with van der Waals surface area (Å²) in [5, 5.41) is 2.85. The van der Waals surface area contributed by atoms with Crippen LogP contribution in [0.25, 0.3) is 17.1 Å². The van der Waals surface area contributed by atoms with Crippen LogP contribution in [0.3, 0.4) is 0 Å². The molecule has 5 nitrogen and oxygen atoms in total. The van der Waals surface area contributed by atoms with Crippen LogP contribution in [-0.2, 0) is 17.9 Å². The van der Waals surface area contributed by atoms with Gasteiger partial charge in [0, 0.05) is 24.9 Å². The summed E-state index contributed by atoms with van der Waals surface area (Å²) in [5.41, 5.74) is 3.33. The Morgan fingerprint density at radius 3 is 2.36 bits per heavy atom. The van der Waals surface area contributed by atoms with Gasteiger partial charge in [0.05, 0.1) is 11.0 Å². The number of anilines is 1. The highest BCUT2D eigenvalue weighted by atomic mass is 16.2. The molecule has 0 bridgehead atoms. The average molecular weight is 335 g/mol. The maximum atomic E-state index is 12.4. The van der Waals surface area contributed by atoms with Crippen molar-refractivity contribution < 1.29 is 4.79 Å². The van der Waals surface area contributed by atoms with Crippen LogP contribution in [-0.4, -0.2) is 15.0 Å². The Labute approximate surface area is 146 Å². The lowest BCUT2D eigenvalue weighted by Gasteiger charge is -2.04. The van der Waals surface area contributed by atoms with Crippen molar-refractivity contribution in [3.63, 3.8) is 0 Å². The van der Waals surface area contributed by atoms with Crippen LogP contribution in [0.1, 0.15) is 19.4 Å². The van der Waals surface area contributed by atoms with Crippen LogP contribution < -0.4 is 11.0 Å². The van der Waals surface area contributed by atoms with Crippen LogP contribution in [0.15, 0.2) is 59.4 Å². The zero-order valence-electron chi connectivity index (χ0n) is 14.4. The summed E-state index contributed by atoms with van der Waals surface area (Å²) in [5.74, 6) is -0.205. The first-order valence-electron chi connectivity index (χ1n) is 8.41. The van der Waals surface area contributed by atoms with Gasteiger partial charge in [-0.1, -0.05) is 30.3 Å². The second-order valence-electron chi connectivity index (χ2n) is 5.71. The Balaban J connectivity index is 1.86. The fourth-order valence-corrected chi connectivity index (χ4v) is 2.93. The molecule has 0 radical (unpaired) electrons. The van der Waals surface area contributed by atoms with Crippen molar-refractivity contribution >= 4 is 28.7 Å². The van der Waals surface area contributed by atoms with E-state index < -0.39 is 0 Å². The number of amides is 1. The van der Waals surface area contributed by atoms with Crippen molar-refractivity contribution in [2.75, 3.05) is 5.32 Å². The molecule has 1 aromatic heterocycles. The number of carbonyl (C=O) groups is 1. The largest absolute Gasteiger partial charge is 0.329 e. The molecule has 1 heterocycles. The third kappa shape index (κ3) is 3.40. The Morgan fingerprint density at radius 2 is 1.68 bits per heavy atom. The molecule has 25 heavy (non-hydrogen) atoms. The lowest BCUT2D eigenvalue weighted by Crippen LogP contribution is -2.23. The van der Waals surface area contributed by atoms with Gasteiger partial charge in [-0.15, -0.1) is 0 Å². The SMILES string of the molecule is CCn1c(=O)n(CC)c2cc(NC(=O)/C=C/c3ccccc3)ccc21. The standard InChI is InChI=1S/C20H21N3O2/c1-3-22-17-12-11-16(14-18(17)23(4-2)20(22)25)21-19(24)13-10-15-8-6-5-7-9-15/h5-14H,3-4H2,1-2H3,(H,21,24)/b13-10+. The van der Waals surface area contributed by atoms with E-state index in [0.29, 0.717) is 18.8 Å². The number of benzene rings is 2. The number of imidazole rings is 1. The van der Waals surface area contributed by atoms with E-state index in [-0.39, 0.29) is 11.6 Å². The highest BCUT2D eigenvalue weighted by molar-refractivity contribution is 6.02. The van der Waals surface area contributed by atoms with E-state index in [2.05, 4.69) is 5.32 Å². The van der Waals surface area contributed by atoms with Gasteiger partial charge in [-0.05, 0) is 43.7 Å². The molecule has 0 spiro atoms. The first-order chi connectivity index (χ1) is 12.1. The molecule has 1 N–H and O–H groups in total. The average Bonchev–Trinajstić information content (AvgIpc) is 2.90. The van der Waals surface area contributed by atoms with Gasteiger partial charge >= 0.3 is 5.69 Å². The van der Waals surface area contributed by atoms with E-state index in [1.807, 2.05) is 62.4 Å². The monoisotopic (exact) mass is 335 g/mol. The van der Waals surface area contributed by atoms with Crippen molar-refractivity contribution in [3.8, 4) is 0 Å². The summed E-state index contributed by atoms with van der Waals surface area (Å²) in [6, 6.07) is 15.2. The zero-order chi connectivity index (χ0) is 17.8. The second kappa shape index (κ2) is 7.21. The summed E-state index contributed by atoms with van der Waals surface area (Å²) in [7, 11) is 0. The van der Waals surface area contributed by atoms with Gasteiger partial charge in [0.25, 0.3) is 0 Å². The number of aromatic nitrogens is 2. The third-order valence-corrected chi connectivity index (χ3v) is 4.15. The number of nitrogens with zero attached hydrogens (tertiary/aromatic N) is 2. The topological polar surface area (TPSA) is 56.0 Å². The van der Waals surface area contributed by atoms with E-state index in [1.165, 1.54) is 6.08 Å². The van der Waals surface area contributed by atoms with Crippen LogP contribution in [0, 0.1) is 0 Å². The van der Waals surface area contributed by atoms with E-state index in [9.17, 15) is 9.59 Å². The molecule has 2 aromatic carbocycles. The van der Waals surface area contributed by atoms with E-state index in [0.717, 1.165) is 16.6 Å². The van der Waals surface area contributed by atoms with Gasteiger partial charge in [0.15, 0.2) is 0 Å². The molecule has 5 heteroatoms. The number of fused-ring (bicyclic) bond motifs is 1. The van der Waals surface area contributed by atoms with E-state index in [4.69, 9.17) is 0 Å². The fraction of sp³-hybridized carbons (Fsp3) is 0.200. The van der Waals surface area contributed by atoms with Crippen LogP contribution in [0.5, 0.6) is 0 Å². The molecule has 0 aliphatic carbocycles. The minimum atomic E-state index is -0.205. The molecule has 0 aliphatic rings. The number of hydrogen-bond donors (Lipinski definition) is 1. The quantitative estimate of drug-likeness (QED) is 0.726. The van der Waals surface area contributed by atoms with Gasteiger partial charge in [-0.2, -0.15) is 0 Å². The molecule has 0 saturated heterocycles. The fourth-order valence-electron chi connectivity index (χ4n) is 2.93. The predicted octanol–water partition coefficient (Wildman–Crippen LogP) is 3.49. The number of nitrogens with one attached hydrogen (secondary N) is 1. The first-order valence-corrected chi connectivity index (χ1v) is 8.41. The summed E-state index contributed by atoms with van der Waals surface area (Å²) < 4.78 is 3.45.